The number of alkyl halides is 3. The van der Waals surface area contributed by atoms with Gasteiger partial charge in [-0.1, -0.05) is 23.4 Å². The molecule has 2 aromatic carbocycles. The van der Waals surface area contributed by atoms with Crippen molar-refractivity contribution in [2.24, 2.45) is 16.5 Å². The lowest BCUT2D eigenvalue weighted by Crippen LogP contribution is -2.50. The number of aliphatic imine (C=N–C) groups is 1. The van der Waals surface area contributed by atoms with Crippen LogP contribution in [0.1, 0.15) is 11.1 Å². The third-order valence-electron chi connectivity index (χ3n) is 3.75. The molecular formula is C16H15ClF3N5OS. The zero-order chi connectivity index (χ0) is 19.8. The lowest BCUT2D eigenvalue weighted by Gasteiger charge is -2.24. The highest BCUT2D eigenvalue weighted by Crippen LogP contribution is 2.45. The minimum Gasteiger partial charge on any atom is -0.497 e. The van der Waals surface area contributed by atoms with E-state index >= 15 is 0 Å². The van der Waals surface area contributed by atoms with Crippen LogP contribution in [-0.4, -0.2) is 13.1 Å². The zero-order valence-electron chi connectivity index (χ0n) is 13.9. The Labute approximate surface area is 162 Å². The molecule has 3 rings (SSSR count). The summed E-state index contributed by atoms with van der Waals surface area (Å²) in [6.07, 6.45) is -4.65. The summed E-state index contributed by atoms with van der Waals surface area (Å²) < 4.78 is 46.1. The van der Waals surface area contributed by atoms with Gasteiger partial charge in [0.15, 0.2) is 0 Å². The number of nitrogens with zero attached hydrogens (tertiary/aromatic N) is 1. The molecule has 2 aromatic rings. The van der Waals surface area contributed by atoms with E-state index < -0.39 is 17.5 Å². The Morgan fingerprint density at radius 2 is 1.89 bits per heavy atom. The van der Waals surface area contributed by atoms with Gasteiger partial charge in [-0.2, -0.15) is 18.6 Å². The number of nitrogens with two attached hydrogens (primary N) is 2. The standard InChI is InChI=1S/C16H15ClF3N5OS/c1-26-9-2-4-10(5-3-9)27-13-11(15(18,19)20)6-8(7-12(13)17)16(22)23-14(21)24-25-16/h2-7,25H,22H2,1H3,(H3,21,23,24). The lowest BCUT2D eigenvalue weighted by atomic mass is 10.1. The first-order valence-corrected chi connectivity index (χ1v) is 8.72. The summed E-state index contributed by atoms with van der Waals surface area (Å²) in [5, 5.41) is -0.104. The summed E-state index contributed by atoms with van der Waals surface area (Å²) in [5.74, 6) is -1.10. The molecule has 0 saturated carbocycles. The number of nitrogens with one attached hydrogen (secondary N) is 2. The Morgan fingerprint density at radius 3 is 2.41 bits per heavy atom. The normalized spacial score (nSPS) is 19.6. The van der Waals surface area contributed by atoms with Crippen LogP contribution in [0.3, 0.4) is 0 Å². The maximum atomic E-state index is 13.7. The van der Waals surface area contributed by atoms with Crippen molar-refractivity contribution in [2.45, 2.75) is 21.8 Å². The average molecular weight is 418 g/mol. The van der Waals surface area contributed by atoms with Gasteiger partial charge in [-0.05, 0) is 36.4 Å². The van der Waals surface area contributed by atoms with Gasteiger partial charge in [-0.15, -0.1) is 0 Å². The van der Waals surface area contributed by atoms with E-state index in [1.807, 2.05) is 0 Å². The predicted molar refractivity (Wildman–Crippen MR) is 97.3 cm³/mol. The van der Waals surface area contributed by atoms with Gasteiger partial charge in [-0.3, -0.25) is 11.2 Å². The summed E-state index contributed by atoms with van der Waals surface area (Å²) in [4.78, 5) is 4.33. The first kappa shape index (κ1) is 19.6. The first-order valence-electron chi connectivity index (χ1n) is 7.53. The molecule has 11 heteroatoms. The molecule has 1 unspecified atom stereocenters. The SMILES string of the molecule is COc1ccc(Sc2c(Cl)cc(C3(N)N=C(N)NN3)cc2C(F)(F)F)cc1. The fraction of sp³-hybridized carbons (Fsp3) is 0.188. The van der Waals surface area contributed by atoms with Crippen molar-refractivity contribution in [3.63, 3.8) is 0 Å². The number of hydrazine groups is 1. The maximum absolute atomic E-state index is 13.7. The fourth-order valence-corrected chi connectivity index (χ4v) is 3.72. The molecule has 0 fully saturated rings. The van der Waals surface area contributed by atoms with Crippen LogP contribution in [0.25, 0.3) is 0 Å². The summed E-state index contributed by atoms with van der Waals surface area (Å²) in [6.45, 7) is 0. The molecule has 0 amide bonds. The average Bonchev–Trinajstić information content (AvgIpc) is 2.96. The highest BCUT2D eigenvalue weighted by atomic mass is 35.5. The number of hydrogen-bond donors (Lipinski definition) is 4. The first-order chi connectivity index (χ1) is 12.6. The predicted octanol–water partition coefficient (Wildman–Crippen LogP) is 3.01. The summed E-state index contributed by atoms with van der Waals surface area (Å²) in [5.41, 5.74) is 15.6. The van der Waals surface area contributed by atoms with Crippen LogP contribution in [0.2, 0.25) is 5.02 Å². The Morgan fingerprint density at radius 1 is 1.22 bits per heavy atom. The zero-order valence-corrected chi connectivity index (χ0v) is 15.5. The molecule has 1 heterocycles. The summed E-state index contributed by atoms with van der Waals surface area (Å²) in [7, 11) is 1.50. The van der Waals surface area contributed by atoms with Crippen molar-refractivity contribution in [1.29, 1.82) is 0 Å². The minimum absolute atomic E-state index is 0.0202. The van der Waals surface area contributed by atoms with Crippen LogP contribution in [0.4, 0.5) is 13.2 Å². The quantitative estimate of drug-likeness (QED) is 0.610. The number of benzene rings is 2. The largest absolute Gasteiger partial charge is 0.497 e. The van der Waals surface area contributed by atoms with E-state index in [-0.39, 0.29) is 21.4 Å². The van der Waals surface area contributed by atoms with Gasteiger partial charge in [0.05, 0.1) is 17.7 Å². The van der Waals surface area contributed by atoms with Crippen molar-refractivity contribution >= 4 is 29.3 Å². The van der Waals surface area contributed by atoms with Crippen LogP contribution in [0.5, 0.6) is 5.75 Å². The van der Waals surface area contributed by atoms with E-state index in [2.05, 4.69) is 15.8 Å². The smallest absolute Gasteiger partial charge is 0.417 e. The van der Waals surface area contributed by atoms with Gasteiger partial charge in [-0.25, -0.2) is 4.99 Å². The highest BCUT2D eigenvalue weighted by molar-refractivity contribution is 7.99. The number of guanidine groups is 1. The molecule has 144 valence electrons. The van der Waals surface area contributed by atoms with Crippen LogP contribution in [0, 0.1) is 0 Å². The van der Waals surface area contributed by atoms with Gasteiger partial charge in [0.2, 0.25) is 11.7 Å². The molecule has 0 saturated heterocycles. The minimum atomic E-state index is -4.65. The van der Waals surface area contributed by atoms with Crippen molar-refractivity contribution < 1.29 is 17.9 Å². The Kier molecular flexibility index (Phi) is 5.17. The summed E-state index contributed by atoms with van der Waals surface area (Å²) in [6, 6.07) is 8.84. The molecule has 0 aromatic heterocycles. The van der Waals surface area contributed by atoms with E-state index in [9.17, 15) is 13.2 Å². The van der Waals surface area contributed by atoms with E-state index in [1.165, 1.54) is 13.2 Å². The molecule has 6 nitrogen and oxygen atoms in total. The van der Waals surface area contributed by atoms with E-state index in [4.69, 9.17) is 27.8 Å². The number of halogens is 4. The molecule has 6 N–H and O–H groups in total. The molecule has 1 atom stereocenters. The second-order valence-electron chi connectivity index (χ2n) is 5.62. The molecule has 0 bridgehead atoms. The van der Waals surface area contributed by atoms with Gasteiger partial charge >= 0.3 is 6.18 Å². The third kappa shape index (κ3) is 4.08. The Hall–Kier alpha value is -2.14. The molecule has 0 spiro atoms. The number of rotatable bonds is 4. The van der Waals surface area contributed by atoms with E-state index in [0.717, 1.165) is 17.8 Å². The molecular weight excluding hydrogens is 403 g/mol. The molecule has 27 heavy (non-hydrogen) atoms. The van der Waals surface area contributed by atoms with Crippen LogP contribution in [-0.2, 0) is 12.0 Å². The van der Waals surface area contributed by atoms with Crippen LogP contribution >= 0.6 is 23.4 Å². The van der Waals surface area contributed by atoms with Crippen molar-refractivity contribution in [3.8, 4) is 5.75 Å². The van der Waals surface area contributed by atoms with Gasteiger partial charge in [0.25, 0.3) is 0 Å². The van der Waals surface area contributed by atoms with Gasteiger partial charge in [0, 0.05) is 15.4 Å². The Balaban J connectivity index is 2.05. The van der Waals surface area contributed by atoms with E-state index in [0.29, 0.717) is 10.6 Å². The monoisotopic (exact) mass is 417 g/mol. The molecule has 1 aliphatic heterocycles. The number of methoxy groups -OCH3 is 1. The van der Waals surface area contributed by atoms with Gasteiger partial charge < -0.3 is 10.5 Å². The van der Waals surface area contributed by atoms with Crippen LogP contribution in [0.15, 0.2) is 51.2 Å². The second-order valence-corrected chi connectivity index (χ2v) is 7.11. The summed E-state index contributed by atoms with van der Waals surface area (Å²) >= 11 is 7.09. The van der Waals surface area contributed by atoms with Crippen molar-refractivity contribution in [2.75, 3.05) is 7.11 Å². The lowest BCUT2D eigenvalue weighted by molar-refractivity contribution is -0.139. The third-order valence-corrected chi connectivity index (χ3v) is 5.31. The van der Waals surface area contributed by atoms with Crippen molar-refractivity contribution in [3.05, 3.63) is 52.5 Å². The molecule has 0 radical (unpaired) electrons. The van der Waals surface area contributed by atoms with Crippen molar-refractivity contribution in [1.82, 2.24) is 10.9 Å². The highest BCUT2D eigenvalue weighted by Gasteiger charge is 2.39. The fourth-order valence-electron chi connectivity index (χ4n) is 2.43. The number of ether oxygens (including phenoxy) is 1. The molecule has 1 aliphatic rings. The Bertz CT molecular complexity index is 891. The topological polar surface area (TPSA) is 97.7 Å². The maximum Gasteiger partial charge on any atom is 0.417 e. The number of hydrogen-bond acceptors (Lipinski definition) is 7. The van der Waals surface area contributed by atoms with Crippen LogP contribution < -0.4 is 27.1 Å². The van der Waals surface area contributed by atoms with Gasteiger partial charge in [0.1, 0.15) is 5.75 Å². The molecule has 0 aliphatic carbocycles. The van der Waals surface area contributed by atoms with E-state index in [1.54, 1.807) is 24.3 Å². The second kappa shape index (κ2) is 7.12.